The summed E-state index contributed by atoms with van der Waals surface area (Å²) in [6, 6.07) is 25.4. The first kappa shape index (κ1) is 46.8. The lowest BCUT2D eigenvalue weighted by Crippen LogP contribution is -2.36. The first-order chi connectivity index (χ1) is 30.8. The van der Waals surface area contributed by atoms with Crippen LogP contribution in [0.15, 0.2) is 107 Å². The minimum Gasteiger partial charge on any atom is -0.508 e. The second-order valence-electron chi connectivity index (χ2n) is 14.5. The fourth-order valence-electron chi connectivity index (χ4n) is 6.74. The Bertz CT molecular complexity index is 2990. The van der Waals surface area contributed by atoms with Crippen LogP contribution in [0.25, 0.3) is 33.2 Å². The standard InChI is InChI=1S/C39H39ClN8O5.C7H8O3S/c1-52-20-18-46(19-21-53-2)33(50)17-5-3-4-10-26-12-9-16-31-34(26)39(51)47(23-28-11-6-7-15-30(28)40)32(44-31)24-48-38-35(37(41)42-25-43-38)36(45-48)27-13-8-14-29(49)22-27;1-6-2-4-7(5-3-6)11(8,9)10/h6-9,11-16,22,25,49H,3,5,17-21,23-24H2,1-2H3,(H2,41,42,43);2-5H,1H3,(H,8,9,10). The molecule has 0 fully saturated rings. The summed E-state index contributed by atoms with van der Waals surface area (Å²) < 4.78 is 43.1. The molecule has 7 rings (SSSR count). The van der Waals surface area contributed by atoms with Crippen molar-refractivity contribution in [3.05, 3.63) is 135 Å². The van der Waals surface area contributed by atoms with Gasteiger partial charge in [0, 0.05) is 56.3 Å². The molecule has 0 saturated heterocycles. The number of hydrogen-bond donors (Lipinski definition) is 3. The number of phenolic OH excluding ortho intramolecular Hbond substituents is 1. The van der Waals surface area contributed by atoms with E-state index < -0.39 is 10.1 Å². The summed E-state index contributed by atoms with van der Waals surface area (Å²) in [5.74, 6) is 7.03. The molecule has 0 radical (unpaired) electrons. The van der Waals surface area contributed by atoms with Crippen molar-refractivity contribution in [2.75, 3.05) is 46.3 Å². The molecule has 64 heavy (non-hydrogen) atoms. The highest BCUT2D eigenvalue weighted by atomic mass is 35.5. The quantitative estimate of drug-likeness (QED) is 0.0601. The number of hydrogen-bond acceptors (Lipinski definition) is 12. The van der Waals surface area contributed by atoms with Crippen molar-refractivity contribution >= 4 is 55.4 Å². The van der Waals surface area contributed by atoms with Gasteiger partial charge in [0.1, 0.15) is 36.0 Å². The summed E-state index contributed by atoms with van der Waals surface area (Å²) in [4.78, 5) is 42.7. The Labute approximate surface area is 375 Å². The highest BCUT2D eigenvalue weighted by Crippen LogP contribution is 2.32. The highest BCUT2D eigenvalue weighted by Gasteiger charge is 2.21. The summed E-state index contributed by atoms with van der Waals surface area (Å²) in [7, 11) is -0.813. The number of aromatic hydroxyl groups is 1. The molecule has 0 aliphatic carbocycles. The number of methoxy groups -OCH3 is 2. The third-order valence-corrected chi connectivity index (χ3v) is 11.3. The summed E-state index contributed by atoms with van der Waals surface area (Å²) in [6.07, 6.45) is 2.71. The van der Waals surface area contributed by atoms with Gasteiger partial charge in [-0.1, -0.05) is 77.5 Å². The van der Waals surface area contributed by atoms with Crippen LogP contribution >= 0.6 is 11.6 Å². The number of phenols is 1. The van der Waals surface area contributed by atoms with Crippen LogP contribution in [0.5, 0.6) is 5.75 Å². The number of rotatable bonds is 15. The van der Waals surface area contributed by atoms with Crippen LogP contribution in [-0.4, -0.2) is 98.7 Å². The minimum atomic E-state index is -4.02. The van der Waals surface area contributed by atoms with Gasteiger partial charge in [-0.05, 0) is 61.4 Å². The zero-order valence-corrected chi connectivity index (χ0v) is 37.0. The molecule has 4 N–H and O–H groups in total. The van der Waals surface area contributed by atoms with Gasteiger partial charge in [0.05, 0.1) is 40.9 Å². The van der Waals surface area contributed by atoms with Crippen LogP contribution in [0.2, 0.25) is 5.02 Å². The summed E-state index contributed by atoms with van der Waals surface area (Å²) in [5.41, 5.74) is 10.3. The Hall–Kier alpha value is -6.68. The number of halogens is 1. The summed E-state index contributed by atoms with van der Waals surface area (Å²) in [5, 5.41) is 16.4. The number of carbonyl (C=O) groups excluding carboxylic acids is 1. The Kier molecular flexibility index (Phi) is 15.8. The van der Waals surface area contributed by atoms with Crippen LogP contribution in [0.1, 0.15) is 41.8 Å². The number of ether oxygens (including phenoxy) is 2. The van der Waals surface area contributed by atoms with Crippen molar-refractivity contribution in [1.29, 1.82) is 0 Å². The molecule has 18 heteroatoms. The van der Waals surface area contributed by atoms with Gasteiger partial charge in [-0.3, -0.25) is 18.7 Å². The van der Waals surface area contributed by atoms with Gasteiger partial charge >= 0.3 is 0 Å². The van der Waals surface area contributed by atoms with Crippen LogP contribution < -0.4 is 11.3 Å². The van der Waals surface area contributed by atoms with Crippen molar-refractivity contribution in [3.8, 4) is 28.8 Å². The van der Waals surface area contributed by atoms with Crippen molar-refractivity contribution in [1.82, 2.24) is 34.2 Å². The maximum Gasteiger partial charge on any atom is 0.294 e. The number of benzene rings is 4. The summed E-state index contributed by atoms with van der Waals surface area (Å²) >= 11 is 6.59. The third kappa shape index (κ3) is 11.7. The van der Waals surface area contributed by atoms with Crippen LogP contribution in [-0.2, 0) is 37.5 Å². The van der Waals surface area contributed by atoms with Gasteiger partial charge in [0.25, 0.3) is 15.7 Å². The lowest BCUT2D eigenvalue weighted by Gasteiger charge is -2.21. The number of aromatic nitrogens is 6. The van der Waals surface area contributed by atoms with Crippen LogP contribution in [0.4, 0.5) is 5.82 Å². The highest BCUT2D eigenvalue weighted by molar-refractivity contribution is 7.85. The third-order valence-electron chi connectivity index (χ3n) is 10.0. The van der Waals surface area contributed by atoms with E-state index in [0.29, 0.717) is 95.2 Å². The average molecular weight is 907 g/mol. The Balaban J connectivity index is 0.000000540. The fourth-order valence-corrected chi connectivity index (χ4v) is 7.42. The molecule has 1 amide bonds. The molecule has 3 aromatic heterocycles. The topological polar surface area (TPSA) is 218 Å². The lowest BCUT2D eigenvalue weighted by molar-refractivity contribution is -0.132. The SMILES string of the molecule is COCCN(CCOC)C(=O)CCCC#Cc1cccc2nc(Cn3nc(-c4cccc(O)c4)c4c(N)ncnc43)n(Cc3ccccc3Cl)c(=O)c12.Cc1ccc(S(=O)(=O)O)cc1. The molecule has 7 aromatic rings. The van der Waals surface area contributed by atoms with E-state index in [1.165, 1.54) is 18.5 Å². The molecule has 0 saturated carbocycles. The van der Waals surface area contributed by atoms with Gasteiger partial charge in [0.2, 0.25) is 5.91 Å². The number of fused-ring (bicyclic) bond motifs is 2. The fraction of sp³-hybridized carbons (Fsp3) is 0.261. The van der Waals surface area contributed by atoms with Crippen molar-refractivity contribution in [2.45, 2.75) is 44.2 Å². The number of nitrogen functional groups attached to an aromatic ring is 1. The van der Waals surface area contributed by atoms with E-state index in [2.05, 4.69) is 21.8 Å². The van der Waals surface area contributed by atoms with Gasteiger partial charge < -0.3 is 25.2 Å². The van der Waals surface area contributed by atoms with Gasteiger partial charge in [0.15, 0.2) is 5.65 Å². The van der Waals surface area contributed by atoms with E-state index in [0.717, 1.165) is 11.1 Å². The maximum absolute atomic E-state index is 14.5. The monoisotopic (exact) mass is 906 g/mol. The molecule has 0 atom stereocenters. The van der Waals surface area contributed by atoms with Gasteiger partial charge in [-0.2, -0.15) is 13.5 Å². The molecule has 4 aromatic carbocycles. The lowest BCUT2D eigenvalue weighted by atomic mass is 10.1. The Morgan fingerprint density at radius 1 is 0.922 bits per heavy atom. The zero-order chi connectivity index (χ0) is 45.8. The number of carbonyl (C=O) groups is 1. The zero-order valence-electron chi connectivity index (χ0n) is 35.4. The van der Waals surface area contributed by atoms with Crippen molar-refractivity contribution in [2.24, 2.45) is 0 Å². The Morgan fingerprint density at radius 2 is 1.64 bits per heavy atom. The second-order valence-corrected chi connectivity index (χ2v) is 16.4. The average Bonchev–Trinajstić information content (AvgIpc) is 3.64. The van der Waals surface area contributed by atoms with Crippen LogP contribution in [0.3, 0.4) is 0 Å². The summed E-state index contributed by atoms with van der Waals surface area (Å²) in [6.45, 7) is 3.91. The van der Waals surface area contributed by atoms with E-state index >= 15 is 0 Å². The van der Waals surface area contributed by atoms with E-state index in [-0.39, 0.29) is 41.0 Å². The normalized spacial score (nSPS) is 11.2. The molecule has 0 unspecified atom stereocenters. The van der Waals surface area contributed by atoms with E-state index in [9.17, 15) is 23.1 Å². The molecule has 0 aliphatic heterocycles. The molecule has 0 spiro atoms. The maximum atomic E-state index is 14.5. The smallest absolute Gasteiger partial charge is 0.294 e. The number of amides is 1. The van der Waals surface area contributed by atoms with Crippen molar-refractivity contribution in [3.63, 3.8) is 0 Å². The second kappa shape index (κ2) is 21.6. The first-order valence-corrected chi connectivity index (χ1v) is 21.9. The molecular formula is C46H47ClN8O8S. The molecule has 0 bridgehead atoms. The molecule has 332 valence electrons. The van der Waals surface area contributed by atoms with Crippen LogP contribution in [0, 0.1) is 18.8 Å². The number of anilines is 1. The predicted octanol–water partition coefficient (Wildman–Crippen LogP) is 6.13. The predicted molar refractivity (Wildman–Crippen MR) is 245 cm³/mol. The number of aryl methyl sites for hydroxylation is 1. The number of nitrogens with two attached hydrogens (primary N) is 1. The molecule has 3 heterocycles. The molecular weight excluding hydrogens is 860 g/mol. The Morgan fingerprint density at radius 3 is 2.33 bits per heavy atom. The van der Waals surface area contributed by atoms with E-state index in [1.807, 2.05) is 31.2 Å². The number of unbranched alkanes of at least 4 members (excludes halogenated alkanes) is 1. The van der Waals surface area contributed by atoms with Crippen molar-refractivity contribution < 1.29 is 32.3 Å². The van der Waals surface area contributed by atoms with Gasteiger partial charge in [-0.15, -0.1) is 0 Å². The molecule has 16 nitrogen and oxygen atoms in total. The molecule has 0 aliphatic rings. The van der Waals surface area contributed by atoms with Gasteiger partial charge in [-0.25, -0.2) is 19.6 Å². The number of nitrogens with zero attached hydrogens (tertiary/aromatic N) is 7. The van der Waals surface area contributed by atoms with E-state index in [1.54, 1.807) is 83.0 Å². The largest absolute Gasteiger partial charge is 0.508 e. The van der Waals surface area contributed by atoms with E-state index in [4.69, 9.17) is 41.4 Å². The first-order valence-electron chi connectivity index (χ1n) is 20.1. The minimum absolute atomic E-state index is 0.0124.